The van der Waals surface area contributed by atoms with E-state index in [9.17, 15) is 48.4 Å². The largest absolute Gasteiger partial charge is 0.404 e. The molecule has 1 aromatic heterocycles. The predicted molar refractivity (Wildman–Crippen MR) is 126 cm³/mol. The molecule has 39 heavy (non-hydrogen) atoms. The Balaban J connectivity index is 1.59. The predicted octanol–water partition coefficient (Wildman–Crippen LogP) is 1.91. The van der Waals surface area contributed by atoms with Crippen LogP contribution in [0.1, 0.15) is 21.9 Å². The van der Waals surface area contributed by atoms with E-state index in [0.29, 0.717) is 4.90 Å². The Morgan fingerprint density at radius 3 is 2.41 bits per heavy atom. The fraction of sp³-hybridized carbons (Fsp3) is 0.400. The molecule has 1 saturated heterocycles. The van der Waals surface area contributed by atoms with E-state index in [-0.39, 0.29) is 21.3 Å². The van der Waals surface area contributed by atoms with Crippen molar-refractivity contribution in [2.24, 2.45) is 0 Å². The van der Waals surface area contributed by atoms with Crippen LogP contribution >= 0.6 is 11.3 Å². The minimum atomic E-state index is -4.97. The van der Waals surface area contributed by atoms with Gasteiger partial charge < -0.3 is 10.2 Å². The molecule has 0 unspecified atom stereocenters. The Morgan fingerprint density at radius 2 is 1.82 bits per heavy atom. The highest BCUT2D eigenvalue weighted by Gasteiger charge is 2.47. The molecule has 0 saturated carbocycles. The first-order valence-electron chi connectivity index (χ1n) is 10.6. The third-order valence-corrected chi connectivity index (χ3v) is 9.01. The second-order valence-corrected chi connectivity index (χ2v) is 13.0. The van der Waals surface area contributed by atoms with Crippen molar-refractivity contribution in [3.8, 4) is 6.07 Å². The number of amides is 2. The molecule has 1 aliphatic heterocycles. The minimum absolute atomic E-state index is 0.0369. The van der Waals surface area contributed by atoms with Crippen molar-refractivity contribution >= 4 is 48.7 Å². The molecule has 19 heteroatoms. The van der Waals surface area contributed by atoms with E-state index >= 15 is 0 Å². The number of sulfone groups is 1. The van der Waals surface area contributed by atoms with Gasteiger partial charge in [0, 0.05) is 17.5 Å². The van der Waals surface area contributed by atoms with Gasteiger partial charge >= 0.3 is 6.18 Å². The number of anilines is 1. The van der Waals surface area contributed by atoms with Gasteiger partial charge in [0.15, 0.2) is 15.6 Å². The van der Waals surface area contributed by atoms with Gasteiger partial charge in [0.2, 0.25) is 15.9 Å². The molecule has 0 bridgehead atoms. The molecular formula is C20H18F5N5O6S3. The van der Waals surface area contributed by atoms with Crippen LogP contribution in [-0.2, 0) is 30.4 Å². The number of halogens is 5. The van der Waals surface area contributed by atoms with E-state index in [1.807, 2.05) is 0 Å². The van der Waals surface area contributed by atoms with E-state index in [4.69, 9.17) is 5.26 Å². The average molecular weight is 616 g/mol. The van der Waals surface area contributed by atoms with Crippen molar-refractivity contribution in [2.75, 3.05) is 23.6 Å². The van der Waals surface area contributed by atoms with Gasteiger partial charge in [-0.25, -0.2) is 30.6 Å². The Labute approximate surface area is 222 Å². The molecule has 0 aliphatic carbocycles. The number of carbonyl (C=O) groups excluding carboxylic acids is 2. The van der Waals surface area contributed by atoms with Crippen LogP contribution < -0.4 is 10.0 Å². The van der Waals surface area contributed by atoms with Gasteiger partial charge in [-0.2, -0.15) is 18.4 Å². The van der Waals surface area contributed by atoms with Gasteiger partial charge in [0.05, 0.1) is 24.1 Å². The first-order chi connectivity index (χ1) is 17.9. The lowest BCUT2D eigenvalue weighted by Crippen LogP contribution is -2.43. The number of thiazole rings is 1. The van der Waals surface area contributed by atoms with E-state index in [1.54, 1.807) is 10.8 Å². The monoisotopic (exact) mass is 615 g/mol. The smallest absolute Gasteiger partial charge is 0.342 e. The number of rotatable bonds is 9. The van der Waals surface area contributed by atoms with Crippen LogP contribution in [0.4, 0.5) is 27.6 Å². The summed E-state index contributed by atoms with van der Waals surface area (Å²) in [6, 6.07) is 4.14. The van der Waals surface area contributed by atoms with E-state index in [1.165, 1.54) is 5.38 Å². The van der Waals surface area contributed by atoms with Gasteiger partial charge in [0.25, 0.3) is 11.8 Å². The summed E-state index contributed by atoms with van der Waals surface area (Å²) in [6.45, 7) is -1.66. The Kier molecular flexibility index (Phi) is 8.52. The maximum Gasteiger partial charge on any atom is 0.404 e. The van der Waals surface area contributed by atoms with Crippen LogP contribution in [0.2, 0.25) is 0 Å². The summed E-state index contributed by atoms with van der Waals surface area (Å²) in [4.78, 5) is 28.7. The number of sulfonamides is 1. The standard InChI is InChI=1S/C20H18F5N5O6S3/c21-19(22)5-13(6-26)30(10-19)17(31)7-27-18(32)15-8-37-16(28-15)9-38(33,34)14-3-1-12(2-4-14)29-39(35,36)11-20(23,24)25/h1-4,8,13,29H,5,7,9-11H2,(H,27,32)/t13-/m0/s1. The zero-order chi connectivity index (χ0) is 29.2. The Bertz CT molecular complexity index is 1500. The SMILES string of the molecule is N#C[C@@H]1CC(F)(F)CN1C(=O)CNC(=O)c1csc(CS(=O)(=O)c2ccc(NS(=O)(=O)CC(F)(F)F)cc2)n1. The Morgan fingerprint density at radius 1 is 1.18 bits per heavy atom. The van der Waals surface area contributed by atoms with Gasteiger partial charge in [-0.3, -0.25) is 14.3 Å². The second kappa shape index (κ2) is 11.0. The van der Waals surface area contributed by atoms with Crippen LogP contribution in [0.3, 0.4) is 0 Å². The van der Waals surface area contributed by atoms with Crippen LogP contribution in [-0.4, -0.2) is 75.5 Å². The quantitative estimate of drug-likeness (QED) is 0.404. The molecule has 1 aromatic carbocycles. The number of carbonyl (C=O) groups is 2. The molecule has 2 heterocycles. The third-order valence-electron chi connectivity index (χ3n) is 5.08. The molecule has 2 amide bonds. The first kappa shape index (κ1) is 30.2. The van der Waals surface area contributed by atoms with Crippen molar-refractivity contribution in [3.05, 3.63) is 40.3 Å². The van der Waals surface area contributed by atoms with Crippen molar-refractivity contribution in [3.63, 3.8) is 0 Å². The van der Waals surface area contributed by atoms with Crippen molar-refractivity contribution in [2.45, 2.75) is 35.2 Å². The molecule has 2 N–H and O–H groups in total. The minimum Gasteiger partial charge on any atom is -0.342 e. The van der Waals surface area contributed by atoms with E-state index < -0.39 is 80.8 Å². The number of nitriles is 1. The fourth-order valence-electron chi connectivity index (χ4n) is 3.43. The summed E-state index contributed by atoms with van der Waals surface area (Å²) >= 11 is 0.792. The van der Waals surface area contributed by atoms with Crippen molar-refractivity contribution in [1.29, 1.82) is 5.26 Å². The van der Waals surface area contributed by atoms with Gasteiger partial charge in [-0.1, -0.05) is 0 Å². The lowest BCUT2D eigenvalue weighted by atomic mass is 10.2. The summed E-state index contributed by atoms with van der Waals surface area (Å²) in [7, 11) is -8.84. The number of hydrogen-bond donors (Lipinski definition) is 2. The summed E-state index contributed by atoms with van der Waals surface area (Å²) in [5, 5.41) is 12.3. The van der Waals surface area contributed by atoms with Crippen LogP contribution in [0.25, 0.3) is 0 Å². The van der Waals surface area contributed by atoms with Crippen LogP contribution in [0.5, 0.6) is 0 Å². The van der Waals surface area contributed by atoms with E-state index in [2.05, 4.69) is 10.3 Å². The fourth-order valence-corrected chi connectivity index (χ4v) is 6.83. The molecule has 2 aromatic rings. The molecule has 11 nitrogen and oxygen atoms in total. The summed E-state index contributed by atoms with van der Waals surface area (Å²) in [6.07, 6.45) is -5.79. The van der Waals surface area contributed by atoms with E-state index in [0.717, 1.165) is 35.6 Å². The highest BCUT2D eigenvalue weighted by Crippen LogP contribution is 2.31. The molecule has 1 fully saturated rings. The van der Waals surface area contributed by atoms with Crippen molar-refractivity contribution in [1.82, 2.24) is 15.2 Å². The molecular weight excluding hydrogens is 597 g/mol. The molecule has 212 valence electrons. The number of alkyl halides is 5. The average Bonchev–Trinajstić information content (AvgIpc) is 3.38. The summed E-state index contributed by atoms with van der Waals surface area (Å²) < 4.78 is 114. The zero-order valence-electron chi connectivity index (χ0n) is 19.4. The maximum atomic E-state index is 13.5. The highest BCUT2D eigenvalue weighted by atomic mass is 32.2. The molecule has 3 rings (SSSR count). The first-order valence-corrected chi connectivity index (χ1v) is 14.8. The van der Waals surface area contributed by atoms with Gasteiger partial charge in [0.1, 0.15) is 22.5 Å². The molecule has 0 radical (unpaired) electrons. The van der Waals surface area contributed by atoms with Gasteiger partial charge in [-0.15, -0.1) is 11.3 Å². The number of hydrogen-bond acceptors (Lipinski definition) is 9. The number of likely N-dealkylation sites (tertiary alicyclic amines) is 1. The number of benzene rings is 1. The second-order valence-electron chi connectivity index (χ2n) is 8.30. The van der Waals surface area contributed by atoms with Crippen LogP contribution in [0, 0.1) is 11.3 Å². The molecule has 1 atom stereocenters. The molecule has 0 spiro atoms. The van der Waals surface area contributed by atoms with Gasteiger partial charge in [-0.05, 0) is 24.3 Å². The normalized spacial score (nSPS) is 17.4. The number of nitrogens with one attached hydrogen (secondary N) is 2. The highest BCUT2D eigenvalue weighted by molar-refractivity contribution is 7.92. The summed E-state index contributed by atoms with van der Waals surface area (Å²) in [5.41, 5.74) is -0.546. The lowest BCUT2D eigenvalue weighted by molar-refractivity contribution is -0.131. The number of nitrogens with zero attached hydrogens (tertiary/aromatic N) is 3. The maximum absolute atomic E-state index is 13.5. The molecule has 1 aliphatic rings. The Hall–Kier alpha value is -3.37. The van der Waals surface area contributed by atoms with Crippen molar-refractivity contribution < 1.29 is 48.4 Å². The third kappa shape index (κ3) is 8.31. The number of aromatic nitrogens is 1. The lowest BCUT2D eigenvalue weighted by Gasteiger charge is -2.19. The zero-order valence-corrected chi connectivity index (χ0v) is 21.9. The summed E-state index contributed by atoms with van der Waals surface area (Å²) in [5.74, 6) is -7.83. The topological polar surface area (TPSA) is 166 Å². The van der Waals surface area contributed by atoms with Crippen LogP contribution in [0.15, 0.2) is 34.5 Å².